The number of rotatable bonds is 0. The van der Waals surface area contributed by atoms with Crippen molar-refractivity contribution in [2.24, 2.45) is 0 Å². The van der Waals surface area contributed by atoms with Crippen LogP contribution in [0.4, 0.5) is 0 Å². The summed E-state index contributed by atoms with van der Waals surface area (Å²) in [4.78, 5) is 2.30. The molecule has 5 heteroatoms. The average molecular weight is 309 g/mol. The second-order valence-corrected chi connectivity index (χ2v) is 6.30. The Balaban J connectivity index is 0.00000108. The smallest absolute Gasteiger partial charge is 0.0985 e. The summed E-state index contributed by atoms with van der Waals surface area (Å²) in [7, 11) is 2.12. The van der Waals surface area contributed by atoms with Gasteiger partial charge in [-0.1, -0.05) is 23.2 Å². The van der Waals surface area contributed by atoms with E-state index in [4.69, 9.17) is 23.2 Å². The highest BCUT2D eigenvalue weighted by Crippen LogP contribution is 2.41. The van der Waals surface area contributed by atoms with E-state index in [1.165, 1.54) is 21.2 Å². The summed E-state index contributed by atoms with van der Waals surface area (Å²) in [6.07, 6.45) is 1.01. The lowest BCUT2D eigenvalue weighted by molar-refractivity contribution is 0.337. The molecule has 0 spiro atoms. The summed E-state index contributed by atoms with van der Waals surface area (Å²) in [5, 5.41) is 2.17. The Labute approximate surface area is 121 Å². The molecule has 2 aromatic rings. The van der Waals surface area contributed by atoms with Gasteiger partial charge in [0.1, 0.15) is 0 Å². The molecular formula is C12H12Cl3NS. The monoisotopic (exact) mass is 307 g/mol. The number of nitrogens with zero attached hydrogens (tertiary/aromatic N) is 1. The molecule has 0 saturated carbocycles. The Morgan fingerprint density at radius 1 is 1.24 bits per heavy atom. The zero-order valence-electron chi connectivity index (χ0n) is 9.30. The molecule has 1 aromatic carbocycles. The largest absolute Gasteiger partial charge is 0.302 e. The summed E-state index contributed by atoms with van der Waals surface area (Å²) >= 11 is 14.3. The molecule has 0 atom stereocenters. The molecule has 0 bridgehead atoms. The number of thiophene rings is 1. The first-order valence-corrected chi connectivity index (χ1v) is 6.81. The van der Waals surface area contributed by atoms with Gasteiger partial charge < -0.3 is 4.90 Å². The zero-order chi connectivity index (χ0) is 11.3. The molecule has 17 heavy (non-hydrogen) atoms. The van der Waals surface area contributed by atoms with Crippen molar-refractivity contribution in [2.45, 2.75) is 13.0 Å². The first-order chi connectivity index (χ1) is 7.66. The standard InChI is InChI=1S/C12H11Cl2NS.ClH/c1-15-5-4-7-9(13)2-3-10-11(7)8(6-15)12(14)16-10;/h2-3H,4-6H2,1H3;1H. The molecular weight excluding hydrogens is 297 g/mol. The average Bonchev–Trinajstić information content (AvgIpc) is 2.46. The van der Waals surface area contributed by atoms with E-state index in [0.717, 1.165) is 28.9 Å². The van der Waals surface area contributed by atoms with Gasteiger partial charge in [0.15, 0.2) is 0 Å². The second-order valence-electron chi connectivity index (χ2n) is 4.24. The maximum atomic E-state index is 6.31. The second kappa shape index (κ2) is 4.94. The van der Waals surface area contributed by atoms with Crippen molar-refractivity contribution in [2.75, 3.05) is 13.6 Å². The molecule has 2 heterocycles. The van der Waals surface area contributed by atoms with Crippen LogP contribution in [-0.2, 0) is 13.0 Å². The first-order valence-electron chi connectivity index (χ1n) is 5.23. The summed E-state index contributed by atoms with van der Waals surface area (Å²) in [6, 6.07) is 4.06. The van der Waals surface area contributed by atoms with E-state index in [0.29, 0.717) is 0 Å². The number of halogens is 3. The number of hydrogen-bond donors (Lipinski definition) is 0. The van der Waals surface area contributed by atoms with Crippen LogP contribution in [0.1, 0.15) is 11.1 Å². The van der Waals surface area contributed by atoms with Crippen molar-refractivity contribution < 1.29 is 0 Å². The SMILES string of the molecule is CN1CCc2c(Cl)ccc3sc(Cl)c(c23)C1.Cl. The van der Waals surface area contributed by atoms with Gasteiger partial charge in [0, 0.05) is 33.8 Å². The third kappa shape index (κ3) is 2.18. The van der Waals surface area contributed by atoms with Gasteiger partial charge >= 0.3 is 0 Å². The predicted molar refractivity (Wildman–Crippen MR) is 79.1 cm³/mol. The third-order valence-corrected chi connectivity index (χ3v) is 4.93. The Morgan fingerprint density at radius 3 is 2.76 bits per heavy atom. The van der Waals surface area contributed by atoms with Crippen molar-refractivity contribution in [3.05, 3.63) is 32.6 Å². The number of likely N-dealkylation sites (N-methyl/N-ethyl adjacent to an activating group) is 1. The number of benzene rings is 1. The van der Waals surface area contributed by atoms with E-state index in [9.17, 15) is 0 Å². The van der Waals surface area contributed by atoms with Crippen molar-refractivity contribution >= 4 is 57.0 Å². The van der Waals surface area contributed by atoms with Crippen molar-refractivity contribution in [3.8, 4) is 0 Å². The van der Waals surface area contributed by atoms with Crippen LogP contribution in [0.25, 0.3) is 10.1 Å². The summed E-state index contributed by atoms with van der Waals surface area (Å²) in [5.41, 5.74) is 2.51. The molecule has 92 valence electrons. The fraction of sp³-hybridized carbons (Fsp3) is 0.333. The van der Waals surface area contributed by atoms with Crippen molar-refractivity contribution in [1.29, 1.82) is 0 Å². The lowest BCUT2D eigenvalue weighted by Gasteiger charge is -2.12. The summed E-state index contributed by atoms with van der Waals surface area (Å²) < 4.78 is 2.17. The minimum atomic E-state index is 0. The quantitative estimate of drug-likeness (QED) is 0.686. The minimum absolute atomic E-state index is 0. The lowest BCUT2D eigenvalue weighted by atomic mass is 10.1. The maximum absolute atomic E-state index is 6.31. The van der Waals surface area contributed by atoms with Crippen LogP contribution in [0.2, 0.25) is 9.36 Å². The Morgan fingerprint density at radius 2 is 2.00 bits per heavy atom. The lowest BCUT2D eigenvalue weighted by Crippen LogP contribution is -2.18. The van der Waals surface area contributed by atoms with Gasteiger partial charge in [-0.15, -0.1) is 23.7 Å². The van der Waals surface area contributed by atoms with E-state index in [2.05, 4.69) is 18.0 Å². The molecule has 1 aliphatic heterocycles. The normalized spacial score (nSPS) is 15.7. The van der Waals surface area contributed by atoms with Crippen LogP contribution in [0.15, 0.2) is 12.1 Å². The van der Waals surface area contributed by atoms with E-state index in [-0.39, 0.29) is 12.4 Å². The van der Waals surface area contributed by atoms with E-state index in [1.54, 1.807) is 11.3 Å². The van der Waals surface area contributed by atoms with Crippen molar-refractivity contribution in [3.63, 3.8) is 0 Å². The van der Waals surface area contributed by atoms with Crippen LogP contribution in [-0.4, -0.2) is 18.5 Å². The Bertz CT molecular complexity index is 564. The molecule has 0 amide bonds. The molecule has 0 fully saturated rings. The summed E-state index contributed by atoms with van der Waals surface area (Å²) in [5.74, 6) is 0. The van der Waals surface area contributed by atoms with Crippen LogP contribution in [0.3, 0.4) is 0 Å². The molecule has 0 radical (unpaired) electrons. The highest BCUT2D eigenvalue weighted by molar-refractivity contribution is 7.23. The van der Waals surface area contributed by atoms with Gasteiger partial charge in [0.05, 0.1) is 4.34 Å². The van der Waals surface area contributed by atoms with Gasteiger partial charge in [-0.3, -0.25) is 0 Å². The Kier molecular flexibility index (Phi) is 3.91. The predicted octanol–water partition coefficient (Wildman–Crippen LogP) is 4.62. The van der Waals surface area contributed by atoms with Gasteiger partial charge in [-0.25, -0.2) is 0 Å². The zero-order valence-corrected chi connectivity index (χ0v) is 12.4. The van der Waals surface area contributed by atoms with E-state index >= 15 is 0 Å². The Hall–Kier alpha value is 0.01000. The van der Waals surface area contributed by atoms with E-state index in [1.807, 2.05) is 6.07 Å². The molecule has 0 N–H and O–H groups in total. The van der Waals surface area contributed by atoms with Gasteiger partial charge in [0.25, 0.3) is 0 Å². The van der Waals surface area contributed by atoms with Crippen LogP contribution >= 0.6 is 46.9 Å². The fourth-order valence-electron chi connectivity index (χ4n) is 2.31. The molecule has 0 saturated heterocycles. The minimum Gasteiger partial charge on any atom is -0.302 e. The highest BCUT2D eigenvalue weighted by atomic mass is 35.5. The molecule has 1 nitrogen and oxygen atoms in total. The van der Waals surface area contributed by atoms with Crippen LogP contribution in [0.5, 0.6) is 0 Å². The van der Waals surface area contributed by atoms with E-state index < -0.39 is 0 Å². The molecule has 0 aliphatic carbocycles. The molecule has 0 unspecified atom stereocenters. The molecule has 1 aromatic heterocycles. The molecule has 1 aliphatic rings. The highest BCUT2D eigenvalue weighted by Gasteiger charge is 2.20. The van der Waals surface area contributed by atoms with Gasteiger partial charge in [-0.05, 0) is 31.2 Å². The van der Waals surface area contributed by atoms with Gasteiger partial charge in [0.2, 0.25) is 0 Å². The third-order valence-electron chi connectivity index (χ3n) is 3.13. The van der Waals surface area contributed by atoms with Crippen LogP contribution in [0, 0.1) is 0 Å². The maximum Gasteiger partial charge on any atom is 0.0985 e. The topological polar surface area (TPSA) is 3.24 Å². The van der Waals surface area contributed by atoms with Crippen LogP contribution < -0.4 is 0 Å². The van der Waals surface area contributed by atoms with Gasteiger partial charge in [-0.2, -0.15) is 0 Å². The summed E-state index contributed by atoms with van der Waals surface area (Å²) in [6.45, 7) is 1.96. The van der Waals surface area contributed by atoms with Crippen molar-refractivity contribution in [1.82, 2.24) is 4.90 Å². The molecule has 3 rings (SSSR count). The first kappa shape index (κ1) is 13.4. The number of hydrogen-bond acceptors (Lipinski definition) is 2. The fourth-order valence-corrected chi connectivity index (χ4v) is 3.93.